The number of nitrogens with one attached hydrogen (secondary N) is 2. The highest BCUT2D eigenvalue weighted by Crippen LogP contribution is 2.28. The number of aliphatic hydroxyl groups is 1. The lowest BCUT2D eigenvalue weighted by atomic mass is 10.1. The lowest BCUT2D eigenvalue weighted by molar-refractivity contribution is 0.0908. The first-order valence-corrected chi connectivity index (χ1v) is 8.63. The molecule has 5 N–H and O–H groups in total. The number of amides is 2. The van der Waals surface area contributed by atoms with Gasteiger partial charge in [-0.05, 0) is 43.5 Å². The number of phenols is 2. The average Bonchev–Trinajstić information content (AvgIpc) is 2.69. The first-order valence-electron chi connectivity index (χ1n) is 8.63. The van der Waals surface area contributed by atoms with E-state index in [0.717, 1.165) is 0 Å². The number of hydrogen-bond acceptors (Lipinski definition) is 6. The molecule has 27 heavy (non-hydrogen) atoms. The second-order valence-electron chi connectivity index (χ2n) is 6.02. The molecule has 0 bridgehead atoms. The molecular formula is C19H23N3O5. The third-order valence-corrected chi connectivity index (χ3v) is 4.00. The van der Waals surface area contributed by atoms with E-state index in [-0.39, 0.29) is 23.8 Å². The number of carbonyl (C=O) groups is 2. The second kappa shape index (κ2) is 10.1. The fourth-order valence-corrected chi connectivity index (χ4v) is 2.50. The zero-order valence-electron chi connectivity index (χ0n) is 14.8. The SMILES string of the molecule is O=C(NCCCC[C@@H](CO)NC(=O)c1cccc(O)c1O)c1cccnc1. The molecule has 8 heteroatoms. The molecule has 144 valence electrons. The van der Waals surface area contributed by atoms with Crippen LogP contribution in [0.2, 0.25) is 0 Å². The van der Waals surface area contributed by atoms with E-state index < -0.39 is 17.7 Å². The number of nitrogens with zero attached hydrogens (tertiary/aromatic N) is 1. The van der Waals surface area contributed by atoms with Gasteiger partial charge in [-0.2, -0.15) is 0 Å². The predicted molar refractivity (Wildman–Crippen MR) is 98.5 cm³/mol. The third kappa shape index (κ3) is 5.96. The maximum atomic E-state index is 12.2. The minimum Gasteiger partial charge on any atom is -0.504 e. The first kappa shape index (κ1) is 20.2. The third-order valence-electron chi connectivity index (χ3n) is 4.00. The van der Waals surface area contributed by atoms with Crippen LogP contribution in [0, 0.1) is 0 Å². The second-order valence-corrected chi connectivity index (χ2v) is 6.02. The van der Waals surface area contributed by atoms with Crippen LogP contribution < -0.4 is 10.6 Å². The van der Waals surface area contributed by atoms with E-state index in [4.69, 9.17) is 0 Å². The molecule has 0 fully saturated rings. The van der Waals surface area contributed by atoms with Crippen molar-refractivity contribution in [3.8, 4) is 11.5 Å². The molecule has 0 radical (unpaired) electrons. The average molecular weight is 373 g/mol. The van der Waals surface area contributed by atoms with Crippen molar-refractivity contribution in [2.75, 3.05) is 13.2 Å². The molecule has 1 heterocycles. The van der Waals surface area contributed by atoms with Crippen molar-refractivity contribution in [1.82, 2.24) is 15.6 Å². The molecule has 0 saturated carbocycles. The molecule has 0 aliphatic carbocycles. The Morgan fingerprint density at radius 3 is 2.59 bits per heavy atom. The number of para-hydroxylation sites is 1. The van der Waals surface area contributed by atoms with Gasteiger partial charge in [0.2, 0.25) is 0 Å². The summed E-state index contributed by atoms with van der Waals surface area (Å²) >= 11 is 0. The van der Waals surface area contributed by atoms with E-state index in [9.17, 15) is 24.9 Å². The van der Waals surface area contributed by atoms with E-state index in [1.807, 2.05) is 0 Å². The molecule has 0 aliphatic rings. The van der Waals surface area contributed by atoms with Gasteiger partial charge in [0, 0.05) is 18.9 Å². The molecule has 1 atom stereocenters. The van der Waals surface area contributed by atoms with Crippen molar-refractivity contribution in [1.29, 1.82) is 0 Å². The lowest BCUT2D eigenvalue weighted by Gasteiger charge is -2.17. The predicted octanol–water partition coefficient (Wildman–Crippen LogP) is 1.18. The molecule has 2 rings (SSSR count). The lowest BCUT2D eigenvalue weighted by Crippen LogP contribution is -2.37. The van der Waals surface area contributed by atoms with Crippen LogP contribution in [0.25, 0.3) is 0 Å². The van der Waals surface area contributed by atoms with E-state index >= 15 is 0 Å². The highest BCUT2D eigenvalue weighted by molar-refractivity contribution is 5.97. The molecule has 1 aromatic carbocycles. The zero-order valence-corrected chi connectivity index (χ0v) is 14.8. The van der Waals surface area contributed by atoms with Crippen LogP contribution in [0.15, 0.2) is 42.7 Å². The van der Waals surface area contributed by atoms with Crippen LogP contribution in [-0.4, -0.2) is 51.3 Å². The molecular weight excluding hydrogens is 350 g/mol. The number of aromatic hydroxyl groups is 2. The Labute approximate surface area is 156 Å². The number of aromatic nitrogens is 1. The number of unbranched alkanes of at least 4 members (excludes halogenated alkanes) is 1. The Morgan fingerprint density at radius 1 is 1.07 bits per heavy atom. The molecule has 2 aromatic rings. The van der Waals surface area contributed by atoms with Gasteiger partial charge in [-0.15, -0.1) is 0 Å². The van der Waals surface area contributed by atoms with Gasteiger partial charge < -0.3 is 26.0 Å². The van der Waals surface area contributed by atoms with Gasteiger partial charge in [0.05, 0.1) is 23.8 Å². The number of hydrogen-bond donors (Lipinski definition) is 5. The number of phenolic OH excluding ortho intramolecular Hbond substituents is 2. The van der Waals surface area contributed by atoms with Crippen LogP contribution in [0.4, 0.5) is 0 Å². The number of rotatable bonds is 9. The van der Waals surface area contributed by atoms with Gasteiger partial charge in [-0.1, -0.05) is 6.07 Å². The quantitative estimate of drug-likeness (QED) is 0.331. The Kier molecular flexibility index (Phi) is 7.57. The van der Waals surface area contributed by atoms with Crippen molar-refractivity contribution in [3.63, 3.8) is 0 Å². The van der Waals surface area contributed by atoms with Crippen molar-refractivity contribution in [2.24, 2.45) is 0 Å². The van der Waals surface area contributed by atoms with Gasteiger partial charge in [-0.3, -0.25) is 14.6 Å². The molecule has 1 aromatic heterocycles. The minimum absolute atomic E-state index is 0.0582. The largest absolute Gasteiger partial charge is 0.504 e. The van der Waals surface area contributed by atoms with Crippen molar-refractivity contribution in [2.45, 2.75) is 25.3 Å². The highest BCUT2D eigenvalue weighted by atomic mass is 16.3. The fourth-order valence-electron chi connectivity index (χ4n) is 2.50. The van der Waals surface area contributed by atoms with Gasteiger partial charge in [0.15, 0.2) is 11.5 Å². The summed E-state index contributed by atoms with van der Waals surface area (Å²) in [4.78, 5) is 27.9. The smallest absolute Gasteiger partial charge is 0.255 e. The van der Waals surface area contributed by atoms with Gasteiger partial charge in [-0.25, -0.2) is 0 Å². The summed E-state index contributed by atoms with van der Waals surface area (Å²) in [5.41, 5.74) is 0.432. The summed E-state index contributed by atoms with van der Waals surface area (Å²) in [6.45, 7) is 0.209. The summed E-state index contributed by atoms with van der Waals surface area (Å²) in [6, 6.07) is 6.98. The highest BCUT2D eigenvalue weighted by Gasteiger charge is 2.17. The van der Waals surface area contributed by atoms with Gasteiger partial charge >= 0.3 is 0 Å². The maximum Gasteiger partial charge on any atom is 0.255 e. The van der Waals surface area contributed by atoms with E-state index in [0.29, 0.717) is 31.4 Å². The summed E-state index contributed by atoms with van der Waals surface area (Å²) in [5.74, 6) is -1.65. The summed E-state index contributed by atoms with van der Waals surface area (Å²) in [7, 11) is 0. The number of carbonyl (C=O) groups excluding carboxylic acids is 2. The van der Waals surface area contributed by atoms with Gasteiger partial charge in [0.25, 0.3) is 11.8 Å². The number of pyridine rings is 1. The topological polar surface area (TPSA) is 132 Å². The fraction of sp³-hybridized carbons (Fsp3) is 0.316. The molecule has 0 unspecified atom stereocenters. The monoisotopic (exact) mass is 373 g/mol. The minimum atomic E-state index is -0.577. The molecule has 0 spiro atoms. The van der Waals surface area contributed by atoms with Crippen LogP contribution in [0.3, 0.4) is 0 Å². The Hall–Kier alpha value is -3.13. The van der Waals surface area contributed by atoms with Crippen LogP contribution in [0.5, 0.6) is 11.5 Å². The standard InChI is InChI=1S/C19H23N3O5/c23-12-14(22-19(27)15-7-3-8-16(24)17(15)25)6-1-2-10-21-18(26)13-5-4-9-20-11-13/h3-5,7-9,11,14,23-25H,1-2,6,10,12H2,(H,21,26)(H,22,27)/t14-/m0/s1. The van der Waals surface area contributed by atoms with Crippen LogP contribution in [-0.2, 0) is 0 Å². The maximum absolute atomic E-state index is 12.2. The Balaban J connectivity index is 1.73. The normalized spacial score (nSPS) is 11.6. The van der Waals surface area contributed by atoms with Crippen molar-refractivity contribution >= 4 is 11.8 Å². The summed E-state index contributed by atoms with van der Waals surface area (Å²) < 4.78 is 0. The molecule has 0 aliphatic heterocycles. The van der Waals surface area contributed by atoms with Crippen LogP contribution in [0.1, 0.15) is 40.0 Å². The number of benzene rings is 1. The van der Waals surface area contributed by atoms with Crippen molar-refractivity contribution < 1.29 is 24.9 Å². The van der Waals surface area contributed by atoms with E-state index in [1.54, 1.807) is 18.3 Å². The van der Waals surface area contributed by atoms with Gasteiger partial charge in [0.1, 0.15) is 0 Å². The molecule has 0 saturated heterocycles. The van der Waals surface area contributed by atoms with Crippen LogP contribution >= 0.6 is 0 Å². The molecule has 8 nitrogen and oxygen atoms in total. The first-order chi connectivity index (χ1) is 13.0. The Bertz CT molecular complexity index is 767. The number of aliphatic hydroxyl groups excluding tert-OH is 1. The Morgan fingerprint density at radius 2 is 1.89 bits per heavy atom. The van der Waals surface area contributed by atoms with E-state index in [2.05, 4.69) is 15.6 Å². The zero-order chi connectivity index (χ0) is 19.6. The molecule has 2 amide bonds. The summed E-state index contributed by atoms with van der Waals surface area (Å²) in [6.07, 6.45) is 4.94. The summed E-state index contributed by atoms with van der Waals surface area (Å²) in [5, 5.41) is 34.0. The van der Waals surface area contributed by atoms with E-state index in [1.165, 1.54) is 24.4 Å². The van der Waals surface area contributed by atoms with Crippen molar-refractivity contribution in [3.05, 3.63) is 53.9 Å².